The molecule has 0 amide bonds. The third-order valence-electron chi connectivity index (χ3n) is 3.24. The van der Waals surface area contributed by atoms with Crippen molar-refractivity contribution in [2.75, 3.05) is 14.2 Å². The Kier molecular flexibility index (Phi) is 3.40. The fourth-order valence-corrected chi connectivity index (χ4v) is 2.81. The Bertz CT molecular complexity index is 395. The number of benzene rings is 1. The van der Waals surface area contributed by atoms with Crippen molar-refractivity contribution in [2.45, 2.75) is 24.8 Å². The zero-order valence-electron chi connectivity index (χ0n) is 9.50. The Morgan fingerprint density at radius 2 is 2.00 bits per heavy atom. The monoisotopic (exact) mass is 285 g/mol. The summed E-state index contributed by atoms with van der Waals surface area (Å²) in [6, 6.07) is 4.26. The van der Waals surface area contributed by atoms with Gasteiger partial charge in [0.2, 0.25) is 0 Å². The van der Waals surface area contributed by atoms with E-state index >= 15 is 0 Å². The molecule has 4 heteroatoms. The summed E-state index contributed by atoms with van der Waals surface area (Å²) >= 11 is 3.50. The molecule has 2 N–H and O–H groups in total. The van der Waals surface area contributed by atoms with E-state index in [1.807, 2.05) is 12.1 Å². The molecule has 1 aromatic rings. The fraction of sp³-hybridized carbons (Fsp3) is 0.500. The standard InChI is InChI=1S/C12H16BrNO2/c1-15-10-6-4-8(7-3-5-9(7)14)12(16-2)11(10)13/h4,6-7,9H,3,5,14H2,1-2H3. The summed E-state index contributed by atoms with van der Waals surface area (Å²) in [6.07, 6.45) is 2.23. The van der Waals surface area contributed by atoms with E-state index < -0.39 is 0 Å². The van der Waals surface area contributed by atoms with Crippen molar-refractivity contribution in [1.29, 1.82) is 0 Å². The molecule has 0 radical (unpaired) electrons. The average Bonchev–Trinajstić information content (AvgIpc) is 2.28. The van der Waals surface area contributed by atoms with Gasteiger partial charge in [-0.15, -0.1) is 0 Å². The molecule has 1 aromatic carbocycles. The van der Waals surface area contributed by atoms with Crippen LogP contribution in [0.1, 0.15) is 24.3 Å². The van der Waals surface area contributed by atoms with Gasteiger partial charge in [-0.25, -0.2) is 0 Å². The normalized spacial score (nSPS) is 23.8. The Hall–Kier alpha value is -0.740. The molecule has 2 unspecified atom stereocenters. The molecule has 1 aliphatic carbocycles. The molecule has 1 saturated carbocycles. The molecular formula is C12H16BrNO2. The predicted molar refractivity (Wildman–Crippen MR) is 67.2 cm³/mol. The van der Waals surface area contributed by atoms with Gasteiger partial charge in [-0.2, -0.15) is 0 Å². The van der Waals surface area contributed by atoms with Crippen LogP contribution in [0.15, 0.2) is 16.6 Å². The second-order valence-corrected chi connectivity index (χ2v) is 4.84. The molecule has 88 valence electrons. The lowest BCUT2D eigenvalue weighted by molar-refractivity contribution is 0.325. The lowest BCUT2D eigenvalue weighted by Gasteiger charge is -2.35. The van der Waals surface area contributed by atoms with Crippen LogP contribution in [0.3, 0.4) is 0 Å². The summed E-state index contributed by atoms with van der Waals surface area (Å²) in [5.74, 6) is 2.05. The smallest absolute Gasteiger partial charge is 0.140 e. The number of hydrogen-bond donors (Lipinski definition) is 1. The SMILES string of the molecule is COc1ccc(C2CCC2N)c(OC)c1Br. The van der Waals surface area contributed by atoms with Crippen LogP contribution in [0.5, 0.6) is 11.5 Å². The molecular weight excluding hydrogens is 270 g/mol. The van der Waals surface area contributed by atoms with Gasteiger partial charge in [-0.1, -0.05) is 6.07 Å². The first-order valence-electron chi connectivity index (χ1n) is 5.35. The van der Waals surface area contributed by atoms with Crippen molar-refractivity contribution in [1.82, 2.24) is 0 Å². The highest BCUT2D eigenvalue weighted by Crippen LogP contribution is 2.45. The summed E-state index contributed by atoms with van der Waals surface area (Å²) in [5.41, 5.74) is 7.17. The molecule has 1 fully saturated rings. The van der Waals surface area contributed by atoms with Crippen molar-refractivity contribution < 1.29 is 9.47 Å². The zero-order chi connectivity index (χ0) is 11.7. The van der Waals surface area contributed by atoms with Crippen LogP contribution >= 0.6 is 15.9 Å². The van der Waals surface area contributed by atoms with E-state index in [1.54, 1.807) is 14.2 Å². The highest BCUT2D eigenvalue weighted by atomic mass is 79.9. The van der Waals surface area contributed by atoms with Crippen LogP contribution in [0.2, 0.25) is 0 Å². The lowest BCUT2D eigenvalue weighted by Crippen LogP contribution is -2.37. The number of halogens is 1. The molecule has 0 saturated heterocycles. The Morgan fingerprint density at radius 1 is 1.25 bits per heavy atom. The lowest BCUT2D eigenvalue weighted by atomic mass is 9.75. The molecule has 2 atom stereocenters. The first-order valence-corrected chi connectivity index (χ1v) is 6.14. The molecule has 1 aliphatic rings. The predicted octanol–water partition coefficient (Wildman–Crippen LogP) is 2.67. The molecule has 2 rings (SSSR count). The Balaban J connectivity index is 2.41. The van der Waals surface area contributed by atoms with Gasteiger partial charge < -0.3 is 15.2 Å². The van der Waals surface area contributed by atoms with Gasteiger partial charge in [-0.3, -0.25) is 0 Å². The van der Waals surface area contributed by atoms with Gasteiger partial charge in [0.05, 0.1) is 14.2 Å². The van der Waals surface area contributed by atoms with Crippen molar-refractivity contribution in [3.05, 3.63) is 22.2 Å². The van der Waals surface area contributed by atoms with Crippen LogP contribution in [-0.2, 0) is 0 Å². The van der Waals surface area contributed by atoms with Crippen LogP contribution in [0.4, 0.5) is 0 Å². The maximum atomic E-state index is 6.00. The molecule has 0 aromatic heterocycles. The molecule has 3 nitrogen and oxygen atoms in total. The van der Waals surface area contributed by atoms with Gasteiger partial charge in [0.1, 0.15) is 16.0 Å². The molecule has 0 heterocycles. The molecule has 16 heavy (non-hydrogen) atoms. The second-order valence-electron chi connectivity index (χ2n) is 4.05. The highest BCUT2D eigenvalue weighted by Gasteiger charge is 2.32. The summed E-state index contributed by atoms with van der Waals surface area (Å²) < 4.78 is 11.6. The Morgan fingerprint density at radius 3 is 2.44 bits per heavy atom. The number of methoxy groups -OCH3 is 2. The largest absolute Gasteiger partial charge is 0.495 e. The minimum Gasteiger partial charge on any atom is -0.495 e. The van der Waals surface area contributed by atoms with Crippen molar-refractivity contribution >= 4 is 15.9 Å². The second kappa shape index (κ2) is 4.63. The van der Waals surface area contributed by atoms with E-state index in [4.69, 9.17) is 15.2 Å². The van der Waals surface area contributed by atoms with Gasteiger partial charge in [0.15, 0.2) is 0 Å². The number of hydrogen-bond acceptors (Lipinski definition) is 3. The maximum absolute atomic E-state index is 6.00. The quantitative estimate of drug-likeness (QED) is 0.929. The summed E-state index contributed by atoms with van der Waals surface area (Å²) in [7, 11) is 3.32. The molecule has 0 aliphatic heterocycles. The van der Waals surface area contributed by atoms with Crippen LogP contribution in [0.25, 0.3) is 0 Å². The maximum Gasteiger partial charge on any atom is 0.140 e. The van der Waals surface area contributed by atoms with Crippen LogP contribution in [-0.4, -0.2) is 20.3 Å². The van der Waals surface area contributed by atoms with E-state index in [1.165, 1.54) is 5.56 Å². The van der Waals surface area contributed by atoms with E-state index in [0.717, 1.165) is 28.8 Å². The Labute approximate surface area is 104 Å². The molecule has 0 bridgehead atoms. The third kappa shape index (κ3) is 1.80. The number of ether oxygens (including phenoxy) is 2. The molecule has 0 spiro atoms. The summed E-state index contributed by atoms with van der Waals surface area (Å²) in [6.45, 7) is 0. The number of nitrogens with two attached hydrogens (primary N) is 1. The minimum absolute atomic E-state index is 0.259. The first kappa shape index (κ1) is 11.7. The van der Waals surface area contributed by atoms with E-state index in [0.29, 0.717) is 5.92 Å². The highest BCUT2D eigenvalue weighted by molar-refractivity contribution is 9.10. The van der Waals surface area contributed by atoms with E-state index in [-0.39, 0.29) is 6.04 Å². The summed E-state index contributed by atoms with van der Waals surface area (Å²) in [5, 5.41) is 0. The van der Waals surface area contributed by atoms with Crippen molar-refractivity contribution in [2.24, 2.45) is 5.73 Å². The van der Waals surface area contributed by atoms with Crippen LogP contribution in [0, 0.1) is 0 Å². The van der Waals surface area contributed by atoms with E-state index in [2.05, 4.69) is 15.9 Å². The van der Waals surface area contributed by atoms with E-state index in [9.17, 15) is 0 Å². The summed E-state index contributed by atoms with van der Waals surface area (Å²) in [4.78, 5) is 0. The van der Waals surface area contributed by atoms with Crippen molar-refractivity contribution in [3.8, 4) is 11.5 Å². The zero-order valence-corrected chi connectivity index (χ0v) is 11.1. The van der Waals surface area contributed by atoms with Gasteiger partial charge in [-0.05, 0) is 34.8 Å². The van der Waals surface area contributed by atoms with Gasteiger partial charge in [0, 0.05) is 17.5 Å². The fourth-order valence-electron chi connectivity index (χ4n) is 2.12. The number of rotatable bonds is 3. The third-order valence-corrected chi connectivity index (χ3v) is 3.99. The van der Waals surface area contributed by atoms with Gasteiger partial charge >= 0.3 is 0 Å². The van der Waals surface area contributed by atoms with Crippen molar-refractivity contribution in [3.63, 3.8) is 0 Å². The first-order chi connectivity index (χ1) is 7.69. The van der Waals surface area contributed by atoms with Gasteiger partial charge in [0.25, 0.3) is 0 Å². The topological polar surface area (TPSA) is 44.5 Å². The average molecular weight is 286 g/mol. The van der Waals surface area contributed by atoms with Crippen LogP contribution < -0.4 is 15.2 Å². The minimum atomic E-state index is 0.259.